The van der Waals surface area contributed by atoms with Crippen LogP contribution in [0.4, 0.5) is 0 Å². The molecule has 0 atom stereocenters. The standard InChI is InChI=1S/C11H15ClN2O/c12-11-9-7-15-6-5-10(9)13-14(11)8-3-1-2-4-8/h8H,1-7H2. The minimum absolute atomic E-state index is 0.531. The van der Waals surface area contributed by atoms with Crippen LogP contribution in [0.3, 0.4) is 0 Å². The molecule has 0 saturated heterocycles. The van der Waals surface area contributed by atoms with Crippen molar-refractivity contribution in [1.29, 1.82) is 0 Å². The lowest BCUT2D eigenvalue weighted by Crippen LogP contribution is -2.08. The van der Waals surface area contributed by atoms with Crippen LogP contribution in [0.2, 0.25) is 5.15 Å². The highest BCUT2D eigenvalue weighted by Gasteiger charge is 2.25. The van der Waals surface area contributed by atoms with Gasteiger partial charge in [-0.2, -0.15) is 5.10 Å². The second-order valence-electron chi connectivity index (χ2n) is 4.40. The predicted octanol–water partition coefficient (Wildman–Crippen LogP) is 2.72. The van der Waals surface area contributed by atoms with Crippen molar-refractivity contribution in [3.63, 3.8) is 0 Å². The number of rotatable bonds is 1. The molecule has 0 aromatic carbocycles. The highest BCUT2D eigenvalue weighted by Crippen LogP contribution is 2.34. The third-order valence-electron chi connectivity index (χ3n) is 3.43. The summed E-state index contributed by atoms with van der Waals surface area (Å²) in [6.07, 6.45) is 5.97. The summed E-state index contributed by atoms with van der Waals surface area (Å²) in [5.74, 6) is 0. The first-order valence-electron chi connectivity index (χ1n) is 5.70. The molecular formula is C11H15ClN2O. The van der Waals surface area contributed by atoms with E-state index in [0.717, 1.165) is 29.4 Å². The number of hydrogen-bond donors (Lipinski definition) is 0. The molecule has 3 nitrogen and oxygen atoms in total. The summed E-state index contributed by atoms with van der Waals surface area (Å²) in [5, 5.41) is 5.45. The molecule has 3 rings (SSSR count). The van der Waals surface area contributed by atoms with Crippen LogP contribution >= 0.6 is 11.6 Å². The van der Waals surface area contributed by atoms with E-state index in [9.17, 15) is 0 Å². The molecule has 0 N–H and O–H groups in total. The van der Waals surface area contributed by atoms with Gasteiger partial charge in [-0.3, -0.25) is 4.68 Å². The number of fused-ring (bicyclic) bond motifs is 1. The van der Waals surface area contributed by atoms with Crippen molar-refractivity contribution < 1.29 is 4.74 Å². The van der Waals surface area contributed by atoms with Crippen LogP contribution in [0.15, 0.2) is 0 Å². The number of aromatic nitrogens is 2. The number of nitrogens with zero attached hydrogens (tertiary/aromatic N) is 2. The van der Waals surface area contributed by atoms with Gasteiger partial charge in [-0.1, -0.05) is 24.4 Å². The Morgan fingerprint density at radius 1 is 1.33 bits per heavy atom. The van der Waals surface area contributed by atoms with Gasteiger partial charge in [-0.05, 0) is 12.8 Å². The summed E-state index contributed by atoms with van der Waals surface area (Å²) >= 11 is 6.34. The number of halogens is 1. The van der Waals surface area contributed by atoms with E-state index in [1.807, 2.05) is 4.68 Å². The van der Waals surface area contributed by atoms with E-state index >= 15 is 0 Å². The molecule has 0 unspecified atom stereocenters. The fourth-order valence-electron chi connectivity index (χ4n) is 2.57. The lowest BCUT2D eigenvalue weighted by Gasteiger charge is -2.11. The average Bonchev–Trinajstić information content (AvgIpc) is 2.87. The van der Waals surface area contributed by atoms with Gasteiger partial charge in [0, 0.05) is 12.0 Å². The third-order valence-corrected chi connectivity index (χ3v) is 3.83. The number of hydrogen-bond acceptors (Lipinski definition) is 2. The Hall–Kier alpha value is -0.540. The first kappa shape index (κ1) is 9.67. The van der Waals surface area contributed by atoms with Crippen molar-refractivity contribution in [1.82, 2.24) is 9.78 Å². The molecule has 15 heavy (non-hydrogen) atoms. The van der Waals surface area contributed by atoms with Gasteiger partial charge in [-0.25, -0.2) is 0 Å². The van der Waals surface area contributed by atoms with Crippen molar-refractivity contribution in [2.75, 3.05) is 6.61 Å². The van der Waals surface area contributed by atoms with Gasteiger partial charge >= 0.3 is 0 Å². The van der Waals surface area contributed by atoms with Gasteiger partial charge in [0.15, 0.2) is 0 Å². The molecular weight excluding hydrogens is 212 g/mol. The largest absolute Gasteiger partial charge is 0.376 e. The minimum Gasteiger partial charge on any atom is -0.376 e. The van der Waals surface area contributed by atoms with Crippen LogP contribution in [0.25, 0.3) is 0 Å². The molecule has 1 saturated carbocycles. The molecule has 1 aliphatic carbocycles. The molecule has 1 aliphatic heterocycles. The normalized spacial score (nSPS) is 21.9. The summed E-state index contributed by atoms with van der Waals surface area (Å²) < 4.78 is 7.45. The second kappa shape index (κ2) is 3.80. The van der Waals surface area contributed by atoms with Crippen LogP contribution in [0.5, 0.6) is 0 Å². The maximum Gasteiger partial charge on any atom is 0.133 e. The van der Waals surface area contributed by atoms with Gasteiger partial charge in [0.1, 0.15) is 5.15 Å². The number of ether oxygens (including phenoxy) is 1. The van der Waals surface area contributed by atoms with E-state index in [4.69, 9.17) is 16.3 Å². The predicted molar refractivity (Wildman–Crippen MR) is 58.1 cm³/mol. The van der Waals surface area contributed by atoms with Gasteiger partial charge in [0.05, 0.1) is 24.9 Å². The lowest BCUT2D eigenvalue weighted by atomic mass is 10.2. The Kier molecular flexibility index (Phi) is 2.45. The van der Waals surface area contributed by atoms with E-state index in [1.54, 1.807) is 0 Å². The van der Waals surface area contributed by atoms with Crippen LogP contribution in [0, 0.1) is 0 Å². The summed E-state index contributed by atoms with van der Waals surface area (Å²) in [6, 6.07) is 0.531. The van der Waals surface area contributed by atoms with Crippen LogP contribution in [0.1, 0.15) is 43.0 Å². The molecule has 1 fully saturated rings. The summed E-state index contributed by atoms with van der Waals surface area (Å²) in [7, 11) is 0. The molecule has 4 heteroatoms. The maximum atomic E-state index is 6.34. The van der Waals surface area contributed by atoms with Crippen molar-refractivity contribution in [2.24, 2.45) is 0 Å². The first-order chi connectivity index (χ1) is 7.36. The van der Waals surface area contributed by atoms with E-state index in [0.29, 0.717) is 12.6 Å². The summed E-state index contributed by atoms with van der Waals surface area (Å²) in [6.45, 7) is 1.42. The van der Waals surface area contributed by atoms with Crippen molar-refractivity contribution in [2.45, 2.75) is 44.8 Å². The molecule has 0 radical (unpaired) electrons. The van der Waals surface area contributed by atoms with E-state index in [2.05, 4.69) is 5.10 Å². The third kappa shape index (κ3) is 1.58. The molecule has 2 heterocycles. The fourth-order valence-corrected chi connectivity index (χ4v) is 2.91. The lowest BCUT2D eigenvalue weighted by molar-refractivity contribution is 0.110. The molecule has 0 bridgehead atoms. The minimum atomic E-state index is 0.531. The Labute approximate surface area is 94.4 Å². The zero-order chi connectivity index (χ0) is 10.3. The molecule has 1 aromatic rings. The van der Waals surface area contributed by atoms with Gasteiger partial charge in [0.2, 0.25) is 0 Å². The van der Waals surface area contributed by atoms with Crippen molar-refractivity contribution in [3.05, 3.63) is 16.4 Å². The van der Waals surface area contributed by atoms with Crippen LogP contribution in [-0.2, 0) is 17.8 Å². The summed E-state index contributed by atoms with van der Waals surface area (Å²) in [5.41, 5.74) is 2.27. The fraction of sp³-hybridized carbons (Fsp3) is 0.727. The maximum absolute atomic E-state index is 6.34. The molecule has 82 valence electrons. The highest BCUT2D eigenvalue weighted by atomic mass is 35.5. The van der Waals surface area contributed by atoms with E-state index in [1.165, 1.54) is 25.7 Å². The quantitative estimate of drug-likeness (QED) is 0.736. The van der Waals surface area contributed by atoms with Gasteiger partial charge < -0.3 is 4.74 Å². The topological polar surface area (TPSA) is 27.1 Å². The smallest absolute Gasteiger partial charge is 0.133 e. The Morgan fingerprint density at radius 2 is 2.13 bits per heavy atom. The Balaban J connectivity index is 1.97. The first-order valence-corrected chi connectivity index (χ1v) is 6.07. The van der Waals surface area contributed by atoms with Crippen LogP contribution < -0.4 is 0 Å². The zero-order valence-corrected chi connectivity index (χ0v) is 9.46. The SMILES string of the molecule is Clc1c2c(nn1C1CCCC1)CCOC2. The molecule has 0 amide bonds. The molecule has 1 aromatic heterocycles. The molecule has 0 spiro atoms. The van der Waals surface area contributed by atoms with E-state index < -0.39 is 0 Å². The Bertz CT molecular complexity index is 369. The van der Waals surface area contributed by atoms with Crippen molar-refractivity contribution >= 4 is 11.6 Å². The highest BCUT2D eigenvalue weighted by molar-refractivity contribution is 6.30. The van der Waals surface area contributed by atoms with Gasteiger partial charge in [0.25, 0.3) is 0 Å². The zero-order valence-electron chi connectivity index (χ0n) is 8.71. The summed E-state index contributed by atoms with van der Waals surface area (Å²) in [4.78, 5) is 0. The average molecular weight is 227 g/mol. The van der Waals surface area contributed by atoms with Crippen LogP contribution in [-0.4, -0.2) is 16.4 Å². The van der Waals surface area contributed by atoms with Gasteiger partial charge in [-0.15, -0.1) is 0 Å². The second-order valence-corrected chi connectivity index (χ2v) is 4.76. The Morgan fingerprint density at radius 3 is 2.87 bits per heavy atom. The van der Waals surface area contributed by atoms with E-state index in [-0.39, 0.29) is 0 Å². The monoisotopic (exact) mass is 226 g/mol. The van der Waals surface area contributed by atoms with Crippen molar-refractivity contribution in [3.8, 4) is 0 Å². The molecule has 2 aliphatic rings.